The minimum absolute atomic E-state index is 0. The van der Waals surface area contributed by atoms with Crippen molar-refractivity contribution in [2.45, 2.75) is 32.6 Å². The third-order valence-corrected chi connectivity index (χ3v) is 2.17. The van der Waals surface area contributed by atoms with Crippen LogP contribution in [0.4, 0.5) is 0 Å². The summed E-state index contributed by atoms with van der Waals surface area (Å²) in [5.74, 6) is 1.02. The standard InChI is InChI=1S/C12H17.Co/c1-9(2)11-5-7-12(8-6-11)10(3)4;/h5-10H,1H2,2-4H3;/q-1;. The van der Waals surface area contributed by atoms with Crippen molar-refractivity contribution in [2.75, 3.05) is 0 Å². The Bertz CT molecular complexity index is 207. The van der Waals surface area contributed by atoms with E-state index in [1.165, 1.54) is 11.1 Å². The number of hydrogen-bond acceptors (Lipinski definition) is 0. The van der Waals surface area contributed by atoms with Crippen molar-refractivity contribution in [1.29, 1.82) is 0 Å². The van der Waals surface area contributed by atoms with Crippen LogP contribution in [0.25, 0.3) is 0 Å². The maximum Gasteiger partial charge on any atom is 0 e. The van der Waals surface area contributed by atoms with E-state index < -0.39 is 0 Å². The van der Waals surface area contributed by atoms with Crippen molar-refractivity contribution < 1.29 is 16.8 Å². The zero-order valence-electron chi connectivity index (χ0n) is 8.50. The zero-order chi connectivity index (χ0) is 9.14. The van der Waals surface area contributed by atoms with Crippen LogP contribution in [-0.2, 0) is 16.8 Å². The summed E-state index contributed by atoms with van der Waals surface area (Å²) in [6.07, 6.45) is 0. The minimum Gasteiger partial charge on any atom is -0.336 e. The molecule has 0 amide bonds. The van der Waals surface area contributed by atoms with Gasteiger partial charge in [0.2, 0.25) is 0 Å². The molecule has 0 aliphatic heterocycles. The second-order valence-electron chi connectivity index (χ2n) is 3.72. The van der Waals surface area contributed by atoms with Gasteiger partial charge in [-0.1, -0.05) is 50.6 Å². The molecule has 1 rings (SSSR count). The average molecular weight is 220 g/mol. The number of hydrogen-bond donors (Lipinski definition) is 0. The predicted molar refractivity (Wildman–Crippen MR) is 54.3 cm³/mol. The van der Waals surface area contributed by atoms with Crippen molar-refractivity contribution in [3.05, 3.63) is 42.3 Å². The average Bonchev–Trinajstić information content (AvgIpc) is 2.04. The van der Waals surface area contributed by atoms with Crippen LogP contribution >= 0.6 is 0 Å². The molecule has 0 nitrogen and oxygen atoms in total. The molecule has 75 valence electrons. The van der Waals surface area contributed by atoms with Crippen LogP contribution in [-0.4, -0.2) is 0 Å². The molecule has 13 heavy (non-hydrogen) atoms. The van der Waals surface area contributed by atoms with Crippen LogP contribution in [0.3, 0.4) is 0 Å². The number of benzene rings is 1. The fraction of sp³-hybridized carbons (Fsp3) is 0.417. The first-order valence-corrected chi connectivity index (χ1v) is 4.54. The topological polar surface area (TPSA) is 0 Å². The van der Waals surface area contributed by atoms with Crippen molar-refractivity contribution in [2.24, 2.45) is 0 Å². The van der Waals surface area contributed by atoms with Gasteiger partial charge in [-0.15, -0.1) is 5.92 Å². The van der Waals surface area contributed by atoms with E-state index in [1.807, 2.05) is 0 Å². The van der Waals surface area contributed by atoms with E-state index in [0.717, 1.165) is 0 Å². The molecule has 0 aliphatic rings. The largest absolute Gasteiger partial charge is 0.336 e. The van der Waals surface area contributed by atoms with Crippen molar-refractivity contribution in [3.63, 3.8) is 0 Å². The van der Waals surface area contributed by atoms with Gasteiger partial charge in [0.15, 0.2) is 0 Å². The van der Waals surface area contributed by atoms with Crippen LogP contribution in [0.2, 0.25) is 0 Å². The molecular formula is C12H17Co-. The maximum atomic E-state index is 3.98. The fourth-order valence-electron chi connectivity index (χ4n) is 1.21. The molecule has 0 aromatic heterocycles. The van der Waals surface area contributed by atoms with Crippen LogP contribution in [0, 0.1) is 6.92 Å². The van der Waals surface area contributed by atoms with Crippen molar-refractivity contribution >= 4 is 0 Å². The molecule has 1 unspecified atom stereocenters. The molecule has 1 aromatic rings. The molecule has 1 atom stereocenters. The zero-order valence-corrected chi connectivity index (χ0v) is 9.55. The first-order chi connectivity index (χ1) is 5.61. The quantitative estimate of drug-likeness (QED) is 0.666. The Balaban J connectivity index is 0.00000144. The molecule has 0 spiro atoms. The maximum absolute atomic E-state index is 3.98. The Morgan fingerprint density at radius 2 is 1.31 bits per heavy atom. The summed E-state index contributed by atoms with van der Waals surface area (Å²) >= 11 is 0. The van der Waals surface area contributed by atoms with Crippen molar-refractivity contribution in [1.82, 2.24) is 0 Å². The van der Waals surface area contributed by atoms with Gasteiger partial charge in [0.25, 0.3) is 0 Å². The normalized spacial score (nSPS) is 12.4. The van der Waals surface area contributed by atoms with Crippen LogP contribution in [0.5, 0.6) is 0 Å². The summed E-state index contributed by atoms with van der Waals surface area (Å²) in [5.41, 5.74) is 2.72. The van der Waals surface area contributed by atoms with Crippen molar-refractivity contribution in [3.8, 4) is 0 Å². The van der Waals surface area contributed by atoms with Gasteiger partial charge in [-0.2, -0.15) is 0 Å². The third kappa shape index (κ3) is 3.53. The molecule has 0 saturated carbocycles. The SMILES string of the molecule is [CH2-]C(C)c1ccc(C(C)C)cc1.[Co]. The van der Waals surface area contributed by atoms with Gasteiger partial charge < -0.3 is 6.92 Å². The predicted octanol–water partition coefficient (Wildman–Crippen LogP) is 3.75. The summed E-state index contributed by atoms with van der Waals surface area (Å²) in [6.45, 7) is 10.5. The van der Waals surface area contributed by atoms with Gasteiger partial charge >= 0.3 is 0 Å². The van der Waals surface area contributed by atoms with Crippen LogP contribution in [0.1, 0.15) is 43.7 Å². The second-order valence-corrected chi connectivity index (χ2v) is 3.72. The third-order valence-electron chi connectivity index (χ3n) is 2.17. The van der Waals surface area contributed by atoms with Crippen LogP contribution in [0.15, 0.2) is 24.3 Å². The summed E-state index contributed by atoms with van der Waals surface area (Å²) in [6, 6.07) is 8.74. The Hall–Kier alpha value is -0.274. The van der Waals surface area contributed by atoms with E-state index >= 15 is 0 Å². The Morgan fingerprint density at radius 3 is 1.62 bits per heavy atom. The fourth-order valence-corrected chi connectivity index (χ4v) is 1.21. The van der Waals surface area contributed by atoms with E-state index in [1.54, 1.807) is 0 Å². The molecule has 0 saturated heterocycles. The van der Waals surface area contributed by atoms with Gasteiger partial charge in [0.05, 0.1) is 0 Å². The van der Waals surface area contributed by atoms with Gasteiger partial charge in [-0.25, -0.2) is 0 Å². The molecule has 1 aromatic carbocycles. The first kappa shape index (κ1) is 12.7. The molecule has 0 bridgehead atoms. The molecular weight excluding hydrogens is 203 g/mol. The molecule has 0 heterocycles. The van der Waals surface area contributed by atoms with E-state index in [2.05, 4.69) is 52.0 Å². The van der Waals surface area contributed by atoms with Gasteiger partial charge in [0, 0.05) is 16.8 Å². The first-order valence-electron chi connectivity index (χ1n) is 4.54. The molecule has 1 radical (unpaired) electrons. The minimum atomic E-state index is 0. The summed E-state index contributed by atoms with van der Waals surface area (Å²) in [5, 5.41) is 0. The number of rotatable bonds is 2. The van der Waals surface area contributed by atoms with Gasteiger partial charge in [0.1, 0.15) is 0 Å². The van der Waals surface area contributed by atoms with Gasteiger partial charge in [-0.05, 0) is 11.5 Å². The molecule has 0 aliphatic carbocycles. The van der Waals surface area contributed by atoms with Crippen LogP contribution < -0.4 is 0 Å². The Morgan fingerprint density at radius 1 is 0.923 bits per heavy atom. The van der Waals surface area contributed by atoms with Gasteiger partial charge in [-0.3, -0.25) is 0 Å². The Kier molecular flexibility index (Phi) is 5.34. The van der Waals surface area contributed by atoms with E-state index in [9.17, 15) is 0 Å². The molecule has 1 heteroatoms. The summed E-state index contributed by atoms with van der Waals surface area (Å²) < 4.78 is 0. The summed E-state index contributed by atoms with van der Waals surface area (Å²) in [7, 11) is 0. The van der Waals surface area contributed by atoms with E-state index in [4.69, 9.17) is 0 Å². The second kappa shape index (κ2) is 5.46. The monoisotopic (exact) mass is 220 g/mol. The van der Waals surface area contributed by atoms with E-state index in [-0.39, 0.29) is 16.8 Å². The smallest absolute Gasteiger partial charge is 0 e. The Labute approximate surface area is 91.9 Å². The van der Waals surface area contributed by atoms with E-state index in [0.29, 0.717) is 11.8 Å². The molecule has 0 fully saturated rings. The molecule has 0 N–H and O–H groups in total. The summed E-state index contributed by atoms with van der Waals surface area (Å²) in [4.78, 5) is 0.